The number of ketones is 1. The third-order valence-corrected chi connectivity index (χ3v) is 8.68. The lowest BCUT2D eigenvalue weighted by molar-refractivity contribution is -0.151. The predicted molar refractivity (Wildman–Crippen MR) is 176 cm³/mol. The number of likely N-dealkylation sites (N-methyl/N-ethyl adjacent to an activating group) is 1. The van der Waals surface area contributed by atoms with Crippen LogP contribution in [0.3, 0.4) is 0 Å². The first-order chi connectivity index (χ1) is 21.9. The number of carbonyl (C=O) groups excluding carboxylic acids is 4. The third kappa shape index (κ3) is 7.39. The summed E-state index contributed by atoms with van der Waals surface area (Å²) in [6.07, 6.45) is -0.396. The number of amides is 3. The lowest BCUT2D eigenvalue weighted by Crippen LogP contribution is -2.56. The summed E-state index contributed by atoms with van der Waals surface area (Å²) in [4.78, 5) is 56.1. The Balaban J connectivity index is 1.78. The summed E-state index contributed by atoms with van der Waals surface area (Å²) in [6.45, 7) is 9.78. The monoisotopic (exact) mass is 629 g/mol. The van der Waals surface area contributed by atoms with E-state index < -0.39 is 47.4 Å². The fraction of sp³-hybridized carbons (Fsp3) is 0.389. The summed E-state index contributed by atoms with van der Waals surface area (Å²) >= 11 is 0. The van der Waals surface area contributed by atoms with Crippen molar-refractivity contribution < 1.29 is 33.8 Å². The zero-order valence-corrected chi connectivity index (χ0v) is 27.3. The highest BCUT2D eigenvalue weighted by molar-refractivity contribution is 6.10. The maximum atomic E-state index is 14.1. The van der Waals surface area contributed by atoms with E-state index in [9.17, 15) is 24.3 Å². The van der Waals surface area contributed by atoms with Crippen molar-refractivity contribution in [3.05, 3.63) is 83.4 Å². The number of aryl methyl sites for hydroxylation is 2. The van der Waals surface area contributed by atoms with Gasteiger partial charge in [0.05, 0.1) is 18.6 Å². The zero-order chi connectivity index (χ0) is 33.6. The van der Waals surface area contributed by atoms with Gasteiger partial charge in [0.1, 0.15) is 11.7 Å². The Bertz CT molecular complexity index is 1600. The molecule has 244 valence electrons. The number of ether oxygens (including phenoxy) is 2. The molecule has 3 amide bonds. The van der Waals surface area contributed by atoms with E-state index in [1.165, 1.54) is 14.0 Å². The van der Waals surface area contributed by atoms with Gasteiger partial charge < -0.3 is 30.1 Å². The summed E-state index contributed by atoms with van der Waals surface area (Å²) < 4.78 is 11.4. The first kappa shape index (κ1) is 34.2. The number of aliphatic hydroxyl groups is 1. The molecule has 0 radical (unpaired) electrons. The number of nitrogens with one attached hydrogen (secondary N) is 2. The van der Waals surface area contributed by atoms with Crippen LogP contribution in [0.5, 0.6) is 11.5 Å². The number of anilines is 2. The average Bonchev–Trinajstić information content (AvgIpc) is 3.01. The van der Waals surface area contributed by atoms with Gasteiger partial charge in [-0.25, -0.2) is 0 Å². The van der Waals surface area contributed by atoms with Crippen LogP contribution in [0.25, 0.3) is 0 Å². The minimum atomic E-state index is -1.79. The number of methoxy groups -OCH3 is 1. The molecule has 0 bridgehead atoms. The molecule has 1 fully saturated rings. The van der Waals surface area contributed by atoms with Crippen LogP contribution in [0.4, 0.5) is 11.4 Å². The van der Waals surface area contributed by atoms with Crippen molar-refractivity contribution in [1.29, 1.82) is 0 Å². The number of benzene rings is 3. The van der Waals surface area contributed by atoms with Gasteiger partial charge in [0.2, 0.25) is 11.8 Å². The molecule has 0 aliphatic heterocycles. The second-order valence-electron chi connectivity index (χ2n) is 11.9. The standard InChI is InChI=1S/C36H43N3O7/c1-7-39(8-2)30(41)21-46-28-18-17-24(19-29(28)45-6)31-32(34(42)37-25-15-11-9-13-22(25)3)27(40)20-36(5,44)33(31)35(43)38-26-16-12-10-14-23(26)4/h9-19,31-33,44H,7-8,20-21H2,1-6H3,(H,37,42)(H,38,43). The molecule has 3 N–H and O–H groups in total. The maximum Gasteiger partial charge on any atom is 0.260 e. The number of para-hydroxylation sites is 2. The number of Topliss-reactive ketones (excluding diaryl/α,β-unsaturated/α-hetero) is 1. The molecule has 3 aromatic rings. The van der Waals surface area contributed by atoms with Gasteiger partial charge in [-0.2, -0.15) is 0 Å². The van der Waals surface area contributed by atoms with Gasteiger partial charge in [-0.05, 0) is 75.6 Å². The molecule has 0 spiro atoms. The highest BCUT2D eigenvalue weighted by Crippen LogP contribution is 2.48. The number of nitrogens with zero attached hydrogens (tertiary/aromatic N) is 1. The highest BCUT2D eigenvalue weighted by atomic mass is 16.5. The van der Waals surface area contributed by atoms with E-state index in [0.717, 1.165) is 11.1 Å². The molecular formula is C36H43N3O7. The Morgan fingerprint density at radius 3 is 2.00 bits per heavy atom. The van der Waals surface area contributed by atoms with Gasteiger partial charge in [0.15, 0.2) is 18.1 Å². The van der Waals surface area contributed by atoms with Gasteiger partial charge in [0, 0.05) is 36.8 Å². The largest absolute Gasteiger partial charge is 0.493 e. The van der Waals surface area contributed by atoms with Crippen molar-refractivity contribution in [2.45, 2.75) is 52.6 Å². The fourth-order valence-electron chi connectivity index (χ4n) is 6.16. The minimum Gasteiger partial charge on any atom is -0.493 e. The molecule has 0 aromatic heterocycles. The van der Waals surface area contributed by atoms with E-state index in [4.69, 9.17) is 9.47 Å². The van der Waals surface area contributed by atoms with Crippen LogP contribution >= 0.6 is 0 Å². The molecule has 1 aliphatic rings. The van der Waals surface area contributed by atoms with Gasteiger partial charge in [-0.1, -0.05) is 42.5 Å². The highest BCUT2D eigenvalue weighted by Gasteiger charge is 2.56. The van der Waals surface area contributed by atoms with Crippen molar-refractivity contribution in [2.75, 3.05) is 37.4 Å². The average molecular weight is 630 g/mol. The van der Waals surface area contributed by atoms with Gasteiger partial charge in [-0.3, -0.25) is 19.2 Å². The molecule has 4 unspecified atom stereocenters. The second kappa shape index (κ2) is 14.6. The quantitative estimate of drug-likeness (QED) is 0.258. The van der Waals surface area contributed by atoms with Gasteiger partial charge >= 0.3 is 0 Å². The zero-order valence-electron chi connectivity index (χ0n) is 27.3. The minimum absolute atomic E-state index is 0.189. The molecule has 46 heavy (non-hydrogen) atoms. The summed E-state index contributed by atoms with van der Waals surface area (Å²) in [7, 11) is 1.44. The summed E-state index contributed by atoms with van der Waals surface area (Å²) in [5.41, 5.74) is 1.35. The normalized spacial score (nSPS) is 20.8. The molecule has 3 aromatic carbocycles. The van der Waals surface area contributed by atoms with Gasteiger partial charge in [0.25, 0.3) is 5.91 Å². The maximum absolute atomic E-state index is 14.1. The third-order valence-electron chi connectivity index (χ3n) is 8.68. The molecule has 4 rings (SSSR count). The van der Waals surface area contributed by atoms with Crippen LogP contribution in [0.2, 0.25) is 0 Å². The smallest absolute Gasteiger partial charge is 0.260 e. The Labute approximate surface area is 270 Å². The van der Waals surface area contributed by atoms with Crippen molar-refractivity contribution >= 4 is 34.9 Å². The Hall–Kier alpha value is -4.70. The van der Waals surface area contributed by atoms with E-state index in [1.807, 2.05) is 52.0 Å². The Morgan fingerprint density at radius 1 is 0.891 bits per heavy atom. The molecule has 4 atom stereocenters. The van der Waals surface area contributed by atoms with Crippen molar-refractivity contribution in [3.8, 4) is 11.5 Å². The summed E-state index contributed by atoms with van der Waals surface area (Å²) in [6, 6.07) is 19.3. The van der Waals surface area contributed by atoms with Gasteiger partial charge in [-0.15, -0.1) is 0 Å². The number of carbonyl (C=O) groups is 4. The Kier molecular flexibility index (Phi) is 10.8. The number of hydrogen-bond acceptors (Lipinski definition) is 7. The molecule has 0 heterocycles. The van der Waals surface area contributed by atoms with Crippen LogP contribution in [0, 0.1) is 25.7 Å². The van der Waals surface area contributed by atoms with Crippen molar-refractivity contribution in [1.82, 2.24) is 4.90 Å². The molecular weight excluding hydrogens is 586 g/mol. The lowest BCUT2D eigenvalue weighted by Gasteiger charge is -2.44. The molecule has 1 aliphatic carbocycles. The van der Waals surface area contributed by atoms with E-state index in [0.29, 0.717) is 30.0 Å². The van der Waals surface area contributed by atoms with Crippen LogP contribution in [0.15, 0.2) is 66.7 Å². The van der Waals surface area contributed by atoms with E-state index in [-0.39, 0.29) is 24.0 Å². The Morgan fingerprint density at radius 2 is 1.46 bits per heavy atom. The first-order valence-electron chi connectivity index (χ1n) is 15.5. The predicted octanol–water partition coefficient (Wildman–Crippen LogP) is 4.88. The van der Waals surface area contributed by atoms with E-state index in [2.05, 4.69) is 10.6 Å². The number of hydrogen-bond donors (Lipinski definition) is 3. The van der Waals surface area contributed by atoms with Crippen LogP contribution in [0.1, 0.15) is 49.8 Å². The van der Waals surface area contributed by atoms with Crippen molar-refractivity contribution in [2.24, 2.45) is 11.8 Å². The summed E-state index contributed by atoms with van der Waals surface area (Å²) in [5.74, 6) is -4.87. The lowest BCUT2D eigenvalue weighted by atomic mass is 9.61. The number of rotatable bonds is 11. The topological polar surface area (TPSA) is 134 Å². The van der Waals surface area contributed by atoms with Crippen LogP contribution in [-0.4, -0.2) is 65.9 Å². The van der Waals surface area contributed by atoms with E-state index >= 15 is 0 Å². The summed E-state index contributed by atoms with van der Waals surface area (Å²) in [5, 5.41) is 17.5. The molecule has 1 saturated carbocycles. The molecule has 0 saturated heterocycles. The van der Waals surface area contributed by atoms with Crippen molar-refractivity contribution in [3.63, 3.8) is 0 Å². The molecule has 10 nitrogen and oxygen atoms in total. The van der Waals surface area contributed by atoms with Crippen LogP contribution < -0.4 is 20.1 Å². The SMILES string of the molecule is CCN(CC)C(=O)COc1ccc(C2C(C(=O)Nc3ccccc3C)C(=O)CC(C)(O)C2C(=O)Nc2ccccc2C)cc1OC. The fourth-order valence-corrected chi connectivity index (χ4v) is 6.16. The van der Waals surface area contributed by atoms with Crippen LogP contribution in [-0.2, 0) is 19.2 Å². The van der Waals surface area contributed by atoms with E-state index in [1.54, 1.807) is 47.4 Å². The molecule has 10 heteroatoms. The first-order valence-corrected chi connectivity index (χ1v) is 15.5. The second-order valence-corrected chi connectivity index (χ2v) is 11.9.